The number of aromatic nitrogens is 1. The van der Waals surface area contributed by atoms with Crippen molar-refractivity contribution in [3.63, 3.8) is 0 Å². The van der Waals surface area contributed by atoms with Crippen molar-refractivity contribution in [3.05, 3.63) is 90.1 Å². The molecule has 3 heteroatoms. The maximum absolute atomic E-state index is 6.26. The molecule has 6 aromatic rings. The second-order valence-corrected chi connectivity index (χ2v) is 10.8. The average Bonchev–Trinajstić information content (AvgIpc) is 3.44. The van der Waals surface area contributed by atoms with E-state index in [1.807, 2.05) is 29.7 Å². The van der Waals surface area contributed by atoms with Crippen LogP contribution in [0, 0.1) is 0 Å². The molecule has 3 aromatic carbocycles. The molecule has 0 aliphatic heterocycles. The molecule has 0 aliphatic rings. The second-order valence-electron chi connectivity index (χ2n) is 9.70. The molecular formula is C31H27NOS. The third-order valence-corrected chi connectivity index (χ3v) is 7.82. The molecule has 0 radical (unpaired) electrons. The summed E-state index contributed by atoms with van der Waals surface area (Å²) in [5, 5.41) is 3.46. The van der Waals surface area contributed by atoms with Gasteiger partial charge in [0, 0.05) is 37.5 Å². The first-order valence-electron chi connectivity index (χ1n) is 11.9. The standard InChI is InChI=1S/C31H27NOS/c1-18(2)20-12-21(19(3)4)14-22(13-20)29-15-23-17-32-27(16-30(23)34-29)26-10-7-9-25-24-8-5-6-11-28(24)33-31(25)26/h5-19H,1-4H3. The SMILES string of the molecule is CC(C)c1cc(-c2cc3cnc(-c4cccc5c4oc4ccccc45)cc3s2)cc(C(C)C)c1. The third kappa shape index (κ3) is 3.52. The Hall–Kier alpha value is -3.43. The van der Waals surface area contributed by atoms with Crippen molar-refractivity contribution in [3.8, 4) is 21.7 Å². The minimum Gasteiger partial charge on any atom is -0.455 e. The first-order valence-corrected chi connectivity index (χ1v) is 12.7. The number of hydrogen-bond donors (Lipinski definition) is 0. The van der Waals surface area contributed by atoms with Crippen LogP contribution in [0.5, 0.6) is 0 Å². The van der Waals surface area contributed by atoms with Crippen LogP contribution in [0.1, 0.15) is 50.7 Å². The number of hydrogen-bond acceptors (Lipinski definition) is 3. The summed E-state index contributed by atoms with van der Waals surface area (Å²) in [4.78, 5) is 6.13. The number of para-hydroxylation sites is 2. The van der Waals surface area contributed by atoms with Gasteiger partial charge in [0.05, 0.1) is 5.69 Å². The van der Waals surface area contributed by atoms with Gasteiger partial charge in [-0.05, 0) is 52.8 Å². The van der Waals surface area contributed by atoms with E-state index >= 15 is 0 Å². The lowest BCUT2D eigenvalue weighted by Crippen LogP contribution is -1.94. The van der Waals surface area contributed by atoms with E-state index in [9.17, 15) is 0 Å². The van der Waals surface area contributed by atoms with Gasteiger partial charge in [0.1, 0.15) is 11.2 Å². The first-order chi connectivity index (χ1) is 16.5. The van der Waals surface area contributed by atoms with Crippen LogP contribution in [0.25, 0.3) is 53.7 Å². The molecule has 34 heavy (non-hydrogen) atoms. The van der Waals surface area contributed by atoms with Crippen molar-refractivity contribution in [1.29, 1.82) is 0 Å². The summed E-state index contributed by atoms with van der Waals surface area (Å²) in [6, 6.07) is 26.1. The molecule has 6 rings (SSSR count). The van der Waals surface area contributed by atoms with Gasteiger partial charge >= 0.3 is 0 Å². The van der Waals surface area contributed by atoms with Gasteiger partial charge in [0.15, 0.2) is 0 Å². The lowest BCUT2D eigenvalue weighted by molar-refractivity contribution is 0.670. The van der Waals surface area contributed by atoms with Gasteiger partial charge in [-0.15, -0.1) is 11.3 Å². The number of nitrogens with zero attached hydrogens (tertiary/aromatic N) is 1. The summed E-state index contributed by atoms with van der Waals surface area (Å²) in [6.45, 7) is 9.07. The first kappa shape index (κ1) is 21.1. The van der Waals surface area contributed by atoms with Crippen molar-refractivity contribution < 1.29 is 4.42 Å². The Bertz CT molecular complexity index is 1640. The minimum absolute atomic E-state index is 0.504. The van der Waals surface area contributed by atoms with E-state index in [2.05, 4.69) is 88.4 Å². The molecule has 3 heterocycles. The fourth-order valence-electron chi connectivity index (χ4n) is 4.66. The van der Waals surface area contributed by atoms with Gasteiger partial charge in [0.2, 0.25) is 0 Å². The Morgan fingerprint density at radius 3 is 2.26 bits per heavy atom. The van der Waals surface area contributed by atoms with Gasteiger partial charge in [-0.25, -0.2) is 0 Å². The topological polar surface area (TPSA) is 26.0 Å². The Balaban J connectivity index is 1.48. The van der Waals surface area contributed by atoms with Crippen molar-refractivity contribution in [2.24, 2.45) is 0 Å². The van der Waals surface area contributed by atoms with Gasteiger partial charge in [-0.3, -0.25) is 4.98 Å². The molecule has 0 unspecified atom stereocenters. The van der Waals surface area contributed by atoms with E-state index in [0.717, 1.165) is 33.2 Å². The zero-order chi connectivity index (χ0) is 23.4. The van der Waals surface area contributed by atoms with Gasteiger partial charge in [0.25, 0.3) is 0 Å². The number of fused-ring (bicyclic) bond motifs is 4. The normalized spacial score (nSPS) is 12.1. The molecular weight excluding hydrogens is 434 g/mol. The van der Waals surface area contributed by atoms with Crippen molar-refractivity contribution in [2.75, 3.05) is 0 Å². The molecule has 0 aliphatic carbocycles. The number of pyridine rings is 1. The van der Waals surface area contributed by atoms with Crippen LogP contribution in [0.15, 0.2) is 83.4 Å². The Labute approximate surface area is 203 Å². The molecule has 0 N–H and O–H groups in total. The van der Waals surface area contributed by atoms with Crippen LogP contribution < -0.4 is 0 Å². The van der Waals surface area contributed by atoms with E-state index in [4.69, 9.17) is 9.40 Å². The smallest absolute Gasteiger partial charge is 0.144 e. The monoisotopic (exact) mass is 461 g/mol. The number of thiophene rings is 1. The molecule has 0 fully saturated rings. The van der Waals surface area contributed by atoms with Crippen LogP contribution >= 0.6 is 11.3 Å². The van der Waals surface area contributed by atoms with Crippen molar-refractivity contribution in [2.45, 2.75) is 39.5 Å². The Kier molecular flexibility index (Phi) is 5.04. The summed E-state index contributed by atoms with van der Waals surface area (Å²) in [6.07, 6.45) is 2.00. The fraction of sp³-hybridized carbons (Fsp3) is 0.194. The van der Waals surface area contributed by atoms with Crippen molar-refractivity contribution >= 4 is 43.4 Å². The number of furan rings is 1. The summed E-state index contributed by atoms with van der Waals surface area (Å²) in [5.41, 5.74) is 7.90. The molecule has 0 saturated carbocycles. The molecule has 0 atom stereocenters. The maximum atomic E-state index is 6.26. The highest BCUT2D eigenvalue weighted by molar-refractivity contribution is 7.22. The molecule has 3 aromatic heterocycles. The third-order valence-electron chi connectivity index (χ3n) is 6.68. The minimum atomic E-state index is 0.504. The van der Waals surface area contributed by atoms with E-state index in [1.165, 1.54) is 31.7 Å². The molecule has 0 saturated heterocycles. The second kappa shape index (κ2) is 8.11. The number of rotatable bonds is 4. The average molecular weight is 462 g/mol. The molecule has 2 nitrogen and oxygen atoms in total. The highest BCUT2D eigenvalue weighted by atomic mass is 32.1. The Morgan fingerprint density at radius 2 is 1.50 bits per heavy atom. The summed E-state index contributed by atoms with van der Waals surface area (Å²) in [7, 11) is 0. The summed E-state index contributed by atoms with van der Waals surface area (Å²) in [5.74, 6) is 1.01. The van der Waals surface area contributed by atoms with Crippen molar-refractivity contribution in [1.82, 2.24) is 4.98 Å². The van der Waals surface area contributed by atoms with Crippen LogP contribution in [0.2, 0.25) is 0 Å². The predicted molar refractivity (Wildman–Crippen MR) is 146 cm³/mol. The number of benzene rings is 3. The van der Waals surface area contributed by atoms with Crippen LogP contribution in [0.3, 0.4) is 0 Å². The zero-order valence-electron chi connectivity index (χ0n) is 19.9. The molecule has 168 valence electrons. The van der Waals surface area contributed by atoms with E-state index in [-0.39, 0.29) is 0 Å². The molecule has 0 bridgehead atoms. The highest BCUT2D eigenvalue weighted by Gasteiger charge is 2.15. The summed E-state index contributed by atoms with van der Waals surface area (Å²) >= 11 is 1.84. The van der Waals surface area contributed by atoms with Gasteiger partial charge < -0.3 is 4.42 Å². The molecule has 0 spiro atoms. The highest BCUT2D eigenvalue weighted by Crippen LogP contribution is 2.39. The van der Waals surface area contributed by atoms with Crippen LogP contribution in [0.4, 0.5) is 0 Å². The predicted octanol–water partition coefficient (Wildman–Crippen LogP) is 9.78. The Morgan fingerprint density at radius 1 is 0.765 bits per heavy atom. The zero-order valence-corrected chi connectivity index (χ0v) is 20.7. The van der Waals surface area contributed by atoms with E-state index in [0.29, 0.717) is 11.8 Å². The van der Waals surface area contributed by atoms with Crippen LogP contribution in [-0.2, 0) is 0 Å². The molecule has 0 amide bonds. The quantitative estimate of drug-likeness (QED) is 0.261. The largest absolute Gasteiger partial charge is 0.455 e. The van der Waals surface area contributed by atoms with Gasteiger partial charge in [-0.2, -0.15) is 0 Å². The van der Waals surface area contributed by atoms with E-state index in [1.54, 1.807) is 0 Å². The summed E-state index contributed by atoms with van der Waals surface area (Å²) < 4.78 is 7.50. The van der Waals surface area contributed by atoms with Gasteiger partial charge in [-0.1, -0.05) is 76.2 Å². The van der Waals surface area contributed by atoms with E-state index < -0.39 is 0 Å². The van der Waals surface area contributed by atoms with Crippen LogP contribution in [-0.4, -0.2) is 4.98 Å². The maximum Gasteiger partial charge on any atom is 0.144 e. The fourth-order valence-corrected chi connectivity index (χ4v) is 5.72. The lowest BCUT2D eigenvalue weighted by atomic mass is 9.93. The lowest BCUT2D eigenvalue weighted by Gasteiger charge is -2.13.